The second kappa shape index (κ2) is 5.07. The Morgan fingerprint density at radius 2 is 2.06 bits per heavy atom. The summed E-state index contributed by atoms with van der Waals surface area (Å²) in [5.74, 6) is 0.550. The van der Waals surface area contributed by atoms with Gasteiger partial charge in [-0.2, -0.15) is 5.10 Å². The minimum Gasteiger partial charge on any atom is -0.467 e. The molecule has 1 unspecified atom stereocenters. The van der Waals surface area contributed by atoms with Gasteiger partial charge in [0, 0.05) is 7.05 Å². The van der Waals surface area contributed by atoms with Gasteiger partial charge in [-0.15, -0.1) is 0 Å². The first-order valence-electron chi connectivity index (χ1n) is 5.55. The van der Waals surface area contributed by atoms with Crippen LogP contribution < -0.4 is 11.1 Å². The molecule has 1 atom stereocenters. The van der Waals surface area contributed by atoms with Gasteiger partial charge < -0.3 is 15.8 Å². The summed E-state index contributed by atoms with van der Waals surface area (Å²) in [5, 5.41) is 7.33. The number of methoxy groups -OCH3 is 1. The maximum Gasteiger partial charge on any atom is 0.328 e. The van der Waals surface area contributed by atoms with E-state index in [-0.39, 0.29) is 11.9 Å². The standard InChI is InChI=1S/C11H20N4O2/c1-6(2)9-8(12)10(15(4)14-9)13-7(3)11(16)17-5/h6-7,13H,12H2,1-5H3. The predicted molar refractivity (Wildman–Crippen MR) is 66.8 cm³/mol. The van der Waals surface area contributed by atoms with Crippen LogP contribution in [0.4, 0.5) is 11.5 Å². The summed E-state index contributed by atoms with van der Waals surface area (Å²) in [6.07, 6.45) is 0. The number of aryl methyl sites for hydroxylation is 1. The number of hydrogen-bond donors (Lipinski definition) is 2. The number of rotatable bonds is 4. The molecule has 96 valence electrons. The lowest BCUT2D eigenvalue weighted by molar-refractivity contribution is -0.141. The lowest BCUT2D eigenvalue weighted by atomic mass is 10.1. The summed E-state index contributed by atoms with van der Waals surface area (Å²) in [4.78, 5) is 11.3. The van der Waals surface area contributed by atoms with E-state index in [1.165, 1.54) is 7.11 Å². The number of nitrogens with two attached hydrogens (primary N) is 1. The topological polar surface area (TPSA) is 82.2 Å². The van der Waals surface area contributed by atoms with Gasteiger partial charge in [-0.3, -0.25) is 4.68 Å². The average molecular weight is 240 g/mol. The van der Waals surface area contributed by atoms with Crippen molar-refractivity contribution < 1.29 is 9.53 Å². The zero-order chi connectivity index (χ0) is 13.2. The third-order valence-electron chi connectivity index (χ3n) is 2.57. The highest BCUT2D eigenvalue weighted by Gasteiger charge is 2.20. The molecule has 6 nitrogen and oxygen atoms in total. The molecule has 0 fully saturated rings. The van der Waals surface area contributed by atoms with Gasteiger partial charge in [-0.25, -0.2) is 4.79 Å². The summed E-state index contributed by atoms with van der Waals surface area (Å²) in [5.41, 5.74) is 7.40. The first-order valence-corrected chi connectivity index (χ1v) is 5.55. The number of carbonyl (C=O) groups excluding carboxylic acids is 1. The second-order valence-corrected chi connectivity index (χ2v) is 4.32. The average Bonchev–Trinajstić information content (AvgIpc) is 2.55. The van der Waals surface area contributed by atoms with Crippen LogP contribution in [0.1, 0.15) is 32.4 Å². The van der Waals surface area contributed by atoms with Crippen molar-refractivity contribution in [3.63, 3.8) is 0 Å². The number of ether oxygens (including phenoxy) is 1. The molecule has 0 aromatic carbocycles. The highest BCUT2D eigenvalue weighted by molar-refractivity contribution is 5.80. The van der Waals surface area contributed by atoms with E-state index in [2.05, 4.69) is 15.2 Å². The van der Waals surface area contributed by atoms with Crippen molar-refractivity contribution in [3.05, 3.63) is 5.69 Å². The smallest absolute Gasteiger partial charge is 0.328 e. The van der Waals surface area contributed by atoms with Crippen molar-refractivity contribution in [1.82, 2.24) is 9.78 Å². The molecule has 17 heavy (non-hydrogen) atoms. The summed E-state index contributed by atoms with van der Waals surface area (Å²) >= 11 is 0. The molecule has 1 aromatic heterocycles. The van der Waals surface area contributed by atoms with Crippen molar-refractivity contribution in [3.8, 4) is 0 Å². The minimum atomic E-state index is -0.460. The number of nitrogens with one attached hydrogen (secondary N) is 1. The molecule has 0 radical (unpaired) electrons. The van der Waals surface area contributed by atoms with Gasteiger partial charge in [-0.05, 0) is 12.8 Å². The van der Waals surface area contributed by atoms with E-state index in [0.29, 0.717) is 11.5 Å². The maximum atomic E-state index is 11.3. The number of esters is 1. The van der Waals surface area contributed by atoms with E-state index < -0.39 is 6.04 Å². The minimum absolute atomic E-state index is 0.241. The van der Waals surface area contributed by atoms with Gasteiger partial charge in [0.1, 0.15) is 11.9 Å². The fraction of sp³-hybridized carbons (Fsp3) is 0.636. The molecule has 1 rings (SSSR count). The third-order valence-corrected chi connectivity index (χ3v) is 2.57. The van der Waals surface area contributed by atoms with Gasteiger partial charge in [0.15, 0.2) is 0 Å². The molecule has 0 bridgehead atoms. The fourth-order valence-corrected chi connectivity index (χ4v) is 1.60. The summed E-state index contributed by atoms with van der Waals surface area (Å²) in [6.45, 7) is 5.76. The molecule has 6 heteroatoms. The van der Waals surface area contributed by atoms with E-state index in [9.17, 15) is 4.79 Å². The summed E-state index contributed by atoms with van der Waals surface area (Å²) in [6, 6.07) is -0.460. The van der Waals surface area contributed by atoms with Crippen LogP contribution in [0.2, 0.25) is 0 Å². The van der Waals surface area contributed by atoms with Crippen LogP contribution in [0.15, 0.2) is 0 Å². The van der Waals surface area contributed by atoms with E-state index in [4.69, 9.17) is 5.73 Å². The van der Waals surface area contributed by atoms with E-state index in [1.54, 1.807) is 18.7 Å². The van der Waals surface area contributed by atoms with Crippen molar-refractivity contribution in [2.24, 2.45) is 7.05 Å². The number of nitrogen functional groups attached to an aromatic ring is 1. The Morgan fingerprint density at radius 3 is 2.47 bits per heavy atom. The monoisotopic (exact) mass is 240 g/mol. The normalized spacial score (nSPS) is 12.6. The Balaban J connectivity index is 2.95. The zero-order valence-electron chi connectivity index (χ0n) is 10.9. The van der Waals surface area contributed by atoms with Crippen molar-refractivity contribution in [2.45, 2.75) is 32.7 Å². The van der Waals surface area contributed by atoms with Crippen LogP contribution in [0.3, 0.4) is 0 Å². The first-order chi connectivity index (χ1) is 7.88. The van der Waals surface area contributed by atoms with E-state index in [1.807, 2.05) is 13.8 Å². The third kappa shape index (κ3) is 2.69. The Bertz CT molecular complexity index is 412. The van der Waals surface area contributed by atoms with Crippen molar-refractivity contribution in [2.75, 3.05) is 18.2 Å². The molecule has 0 saturated carbocycles. The molecule has 3 N–H and O–H groups in total. The van der Waals surface area contributed by atoms with E-state index >= 15 is 0 Å². The fourth-order valence-electron chi connectivity index (χ4n) is 1.60. The number of hydrogen-bond acceptors (Lipinski definition) is 5. The van der Waals surface area contributed by atoms with Gasteiger partial charge in [-0.1, -0.05) is 13.8 Å². The predicted octanol–water partition coefficient (Wildman–Crippen LogP) is 1.10. The molecular formula is C11H20N4O2. The highest BCUT2D eigenvalue weighted by atomic mass is 16.5. The Kier molecular flexibility index (Phi) is 3.98. The Hall–Kier alpha value is -1.72. The van der Waals surface area contributed by atoms with Crippen LogP contribution in [0.25, 0.3) is 0 Å². The van der Waals surface area contributed by atoms with Gasteiger partial charge >= 0.3 is 5.97 Å². The van der Waals surface area contributed by atoms with Crippen LogP contribution in [-0.2, 0) is 16.6 Å². The summed E-state index contributed by atoms with van der Waals surface area (Å²) < 4.78 is 6.29. The van der Waals surface area contributed by atoms with Gasteiger partial charge in [0.05, 0.1) is 18.5 Å². The molecular weight excluding hydrogens is 220 g/mol. The molecule has 0 aliphatic rings. The zero-order valence-corrected chi connectivity index (χ0v) is 10.9. The molecule has 0 aliphatic carbocycles. The summed E-state index contributed by atoms with van der Waals surface area (Å²) in [7, 11) is 3.14. The molecule has 0 saturated heterocycles. The SMILES string of the molecule is COC(=O)C(C)Nc1c(N)c(C(C)C)nn1C. The molecule has 1 heterocycles. The van der Waals surface area contributed by atoms with Crippen LogP contribution in [0, 0.1) is 0 Å². The first kappa shape index (κ1) is 13.3. The largest absolute Gasteiger partial charge is 0.467 e. The maximum absolute atomic E-state index is 11.3. The Labute approximate surface area is 101 Å². The number of anilines is 2. The lowest BCUT2D eigenvalue weighted by Gasteiger charge is -2.13. The molecule has 1 aromatic rings. The van der Waals surface area contributed by atoms with Gasteiger partial charge in [0.25, 0.3) is 0 Å². The number of carbonyl (C=O) groups is 1. The number of nitrogens with zero attached hydrogens (tertiary/aromatic N) is 2. The van der Waals surface area contributed by atoms with Crippen molar-refractivity contribution in [1.29, 1.82) is 0 Å². The van der Waals surface area contributed by atoms with Gasteiger partial charge in [0.2, 0.25) is 0 Å². The quantitative estimate of drug-likeness (QED) is 0.770. The molecule has 0 aliphatic heterocycles. The highest BCUT2D eigenvalue weighted by Crippen LogP contribution is 2.28. The molecule has 0 amide bonds. The van der Waals surface area contributed by atoms with Crippen LogP contribution in [-0.4, -0.2) is 28.9 Å². The van der Waals surface area contributed by atoms with Crippen LogP contribution >= 0.6 is 0 Å². The lowest BCUT2D eigenvalue weighted by Crippen LogP contribution is -2.28. The van der Waals surface area contributed by atoms with Crippen LogP contribution in [0.5, 0.6) is 0 Å². The molecule has 0 spiro atoms. The Morgan fingerprint density at radius 1 is 1.47 bits per heavy atom. The van der Waals surface area contributed by atoms with Crippen molar-refractivity contribution >= 4 is 17.5 Å². The second-order valence-electron chi connectivity index (χ2n) is 4.32. The van der Waals surface area contributed by atoms with E-state index in [0.717, 1.165) is 5.69 Å². The number of aromatic nitrogens is 2.